The SMILES string of the molecule is Cc1ccc(NC(=O)c2ccc([N+](=O)[O-])o2)cc1C.O=C(Nc1ccc(Cl)c(Cl)c1)c1ccc([N+](=O)[O-])o1.O=C(c1ccc([N+](=O)[O-])o1)N1CCc2ccccc21. The van der Waals surface area contributed by atoms with Crippen LogP contribution in [0.25, 0.3) is 0 Å². The average molecular weight is 820 g/mol. The molecule has 0 unspecified atom stereocenters. The van der Waals surface area contributed by atoms with Crippen LogP contribution in [0.4, 0.5) is 34.7 Å². The largest absolute Gasteiger partial charge is 0.433 e. The number of benzene rings is 3. The molecule has 2 N–H and O–H groups in total. The lowest BCUT2D eigenvalue weighted by atomic mass is 10.1. The lowest BCUT2D eigenvalue weighted by molar-refractivity contribution is -0.402. The highest BCUT2D eigenvalue weighted by atomic mass is 35.5. The van der Waals surface area contributed by atoms with Crippen molar-refractivity contribution in [2.45, 2.75) is 20.3 Å². The second kappa shape index (κ2) is 17.9. The number of furan rings is 3. The molecule has 0 atom stereocenters. The van der Waals surface area contributed by atoms with E-state index in [0.29, 0.717) is 22.9 Å². The Labute approximate surface area is 331 Å². The normalized spacial score (nSPS) is 11.3. The van der Waals surface area contributed by atoms with Crippen LogP contribution < -0.4 is 15.5 Å². The van der Waals surface area contributed by atoms with E-state index in [1.807, 2.05) is 50.2 Å². The topological polar surface area (TPSA) is 247 Å². The standard InChI is InChI=1S/C13H10N2O4.C13H12N2O4.C11H6Cl2N2O4/c16-13(11-5-6-12(19-11)15(17)18)14-8-7-9-3-1-2-4-10(9)14;1-8-3-4-10(7-9(8)2)14-13(16)11-5-6-12(19-11)15(17)18;12-7-2-1-6(5-8(7)13)14-11(16)9-3-4-10(19-9)15(17)18/h1-6H,7-8H2;3-7H,1-2H3,(H,14,16);1-5H,(H,14,16). The van der Waals surface area contributed by atoms with Gasteiger partial charge in [-0.15, -0.1) is 0 Å². The number of halogens is 2. The Balaban J connectivity index is 0.000000163. The van der Waals surface area contributed by atoms with Gasteiger partial charge in [0.2, 0.25) is 0 Å². The summed E-state index contributed by atoms with van der Waals surface area (Å²) in [6.07, 6.45) is 0.782. The zero-order valence-electron chi connectivity index (χ0n) is 29.6. The molecule has 0 aliphatic carbocycles. The zero-order valence-corrected chi connectivity index (χ0v) is 31.1. The Bertz CT molecular complexity index is 2400. The minimum Gasteiger partial charge on any atom is -0.395 e. The minimum absolute atomic E-state index is 0.0107. The Morgan fingerprint density at radius 3 is 1.61 bits per heavy atom. The minimum atomic E-state index is -0.726. The number of hydrogen-bond donors (Lipinski definition) is 2. The second-order valence-electron chi connectivity index (χ2n) is 11.9. The Hall–Kier alpha value is -7.31. The molecule has 0 saturated heterocycles. The Kier molecular flexibility index (Phi) is 12.8. The van der Waals surface area contributed by atoms with E-state index < -0.39 is 44.2 Å². The number of amides is 3. The van der Waals surface area contributed by atoms with Crippen molar-refractivity contribution in [1.82, 2.24) is 0 Å². The van der Waals surface area contributed by atoms with Crippen molar-refractivity contribution >= 4 is 75.6 Å². The molecule has 0 saturated carbocycles. The number of nitro groups is 3. The van der Waals surface area contributed by atoms with E-state index >= 15 is 0 Å². The van der Waals surface area contributed by atoms with Crippen molar-refractivity contribution in [2.75, 3.05) is 22.1 Å². The van der Waals surface area contributed by atoms with E-state index in [1.54, 1.807) is 17.0 Å². The molecule has 6 aromatic rings. The van der Waals surface area contributed by atoms with Crippen LogP contribution in [0.15, 0.2) is 110 Å². The third kappa shape index (κ3) is 10.3. The summed E-state index contributed by atoms with van der Waals surface area (Å²) < 4.78 is 14.5. The number of nitrogens with zero attached hydrogens (tertiary/aromatic N) is 4. The smallest absolute Gasteiger partial charge is 0.395 e. The van der Waals surface area contributed by atoms with Crippen LogP contribution in [0.3, 0.4) is 0 Å². The predicted octanol–water partition coefficient (Wildman–Crippen LogP) is 9.19. The zero-order chi connectivity index (χ0) is 41.4. The van der Waals surface area contributed by atoms with Crippen molar-refractivity contribution in [3.8, 4) is 0 Å². The molecule has 0 radical (unpaired) electrons. The van der Waals surface area contributed by atoms with Gasteiger partial charge in [-0.25, -0.2) is 0 Å². The van der Waals surface area contributed by atoms with E-state index in [9.17, 15) is 44.7 Å². The predicted molar refractivity (Wildman–Crippen MR) is 206 cm³/mol. The van der Waals surface area contributed by atoms with Crippen molar-refractivity contribution in [1.29, 1.82) is 0 Å². The molecule has 0 spiro atoms. The van der Waals surface area contributed by atoms with Gasteiger partial charge in [0.1, 0.15) is 14.8 Å². The number of carbonyl (C=O) groups is 3. The third-order valence-corrected chi connectivity index (χ3v) is 8.79. The maximum atomic E-state index is 12.3. The van der Waals surface area contributed by atoms with Gasteiger partial charge in [-0.05, 0) is 91.6 Å². The molecular weight excluding hydrogens is 791 g/mol. The van der Waals surface area contributed by atoms with Crippen molar-refractivity contribution in [3.63, 3.8) is 0 Å². The molecular formula is C37H28Cl2N6O12. The summed E-state index contributed by atoms with van der Waals surface area (Å²) in [5.41, 5.74) is 5.11. The summed E-state index contributed by atoms with van der Waals surface area (Å²) in [4.78, 5) is 66.8. The van der Waals surface area contributed by atoms with Gasteiger partial charge in [0.15, 0.2) is 17.3 Å². The summed E-state index contributed by atoms with van der Waals surface area (Å²) in [5, 5.41) is 37.2. The van der Waals surface area contributed by atoms with Gasteiger partial charge in [0.05, 0.1) is 28.2 Å². The first kappa shape index (κ1) is 40.9. The summed E-state index contributed by atoms with van der Waals surface area (Å²) in [6, 6.07) is 24.9. The molecule has 4 heterocycles. The number of fused-ring (bicyclic) bond motifs is 1. The molecule has 18 nitrogen and oxygen atoms in total. The van der Waals surface area contributed by atoms with Gasteiger partial charge in [-0.3, -0.25) is 44.7 Å². The van der Waals surface area contributed by atoms with Gasteiger partial charge < -0.3 is 28.8 Å². The molecule has 7 rings (SSSR count). The average Bonchev–Trinajstić information content (AvgIpc) is 4.01. The number of hydrogen-bond acceptors (Lipinski definition) is 12. The molecule has 20 heteroatoms. The highest BCUT2D eigenvalue weighted by Gasteiger charge is 2.28. The maximum Gasteiger partial charge on any atom is 0.433 e. The van der Waals surface area contributed by atoms with Crippen LogP contribution in [0.1, 0.15) is 48.4 Å². The lowest BCUT2D eigenvalue weighted by Gasteiger charge is -2.15. The monoisotopic (exact) mass is 818 g/mol. The molecule has 3 aromatic heterocycles. The maximum absolute atomic E-state index is 12.3. The van der Waals surface area contributed by atoms with Crippen molar-refractivity contribution in [3.05, 3.63) is 171 Å². The van der Waals surface area contributed by atoms with E-state index in [-0.39, 0.29) is 28.2 Å². The fourth-order valence-corrected chi connectivity index (χ4v) is 5.40. The molecule has 0 bridgehead atoms. The molecule has 292 valence electrons. The first-order valence-electron chi connectivity index (χ1n) is 16.4. The number of rotatable bonds is 8. The van der Waals surface area contributed by atoms with Crippen LogP contribution in [0, 0.1) is 44.2 Å². The molecule has 57 heavy (non-hydrogen) atoms. The van der Waals surface area contributed by atoms with Crippen molar-refractivity contribution < 1.29 is 42.4 Å². The Morgan fingerprint density at radius 1 is 0.614 bits per heavy atom. The first-order chi connectivity index (χ1) is 27.1. The summed E-state index contributed by atoms with van der Waals surface area (Å²) in [5.74, 6) is -3.13. The van der Waals surface area contributed by atoms with Gasteiger partial charge in [0.25, 0.3) is 17.7 Å². The highest BCUT2D eigenvalue weighted by Crippen LogP contribution is 2.30. The van der Waals surface area contributed by atoms with Gasteiger partial charge >= 0.3 is 17.7 Å². The van der Waals surface area contributed by atoms with Gasteiger partial charge in [0, 0.05) is 23.6 Å². The fourth-order valence-electron chi connectivity index (χ4n) is 5.10. The number of para-hydroxylation sites is 1. The number of aryl methyl sites for hydroxylation is 2. The number of anilines is 3. The van der Waals surface area contributed by atoms with Crippen LogP contribution in [0.2, 0.25) is 10.0 Å². The highest BCUT2D eigenvalue weighted by molar-refractivity contribution is 6.42. The van der Waals surface area contributed by atoms with Crippen LogP contribution >= 0.6 is 23.2 Å². The van der Waals surface area contributed by atoms with Gasteiger partial charge in [-0.2, -0.15) is 0 Å². The van der Waals surface area contributed by atoms with Crippen LogP contribution in [-0.2, 0) is 6.42 Å². The van der Waals surface area contributed by atoms with Crippen molar-refractivity contribution in [2.24, 2.45) is 0 Å². The van der Waals surface area contributed by atoms with Gasteiger partial charge in [-0.1, -0.05) is 47.5 Å². The second-order valence-corrected chi connectivity index (χ2v) is 12.7. The molecule has 0 fully saturated rings. The fraction of sp³-hybridized carbons (Fsp3) is 0.108. The lowest BCUT2D eigenvalue weighted by Crippen LogP contribution is -2.28. The summed E-state index contributed by atoms with van der Waals surface area (Å²) >= 11 is 11.5. The van der Waals surface area contributed by atoms with E-state index in [0.717, 1.165) is 40.9 Å². The molecule has 1 aliphatic rings. The molecule has 3 amide bonds. The van der Waals surface area contributed by atoms with E-state index in [1.165, 1.54) is 36.4 Å². The summed E-state index contributed by atoms with van der Waals surface area (Å²) in [7, 11) is 0. The van der Waals surface area contributed by atoms with Crippen LogP contribution in [0.5, 0.6) is 0 Å². The third-order valence-electron chi connectivity index (χ3n) is 8.05. The first-order valence-corrected chi connectivity index (χ1v) is 17.1. The number of carbonyl (C=O) groups excluding carboxylic acids is 3. The molecule has 3 aromatic carbocycles. The van der Waals surface area contributed by atoms with Crippen LogP contribution in [-0.4, -0.2) is 39.0 Å². The van der Waals surface area contributed by atoms with E-state index in [4.69, 9.17) is 36.5 Å². The van der Waals surface area contributed by atoms with E-state index in [2.05, 4.69) is 10.6 Å². The quantitative estimate of drug-likeness (QED) is 0.108. The molecule has 1 aliphatic heterocycles. The number of nitrogens with one attached hydrogen (secondary N) is 2. The summed E-state index contributed by atoms with van der Waals surface area (Å²) in [6.45, 7) is 4.46. The Morgan fingerprint density at radius 2 is 1.11 bits per heavy atom.